The summed E-state index contributed by atoms with van der Waals surface area (Å²) in [6.07, 6.45) is 0. The van der Waals surface area contributed by atoms with Gasteiger partial charge in [-0.05, 0) is 61.7 Å². The number of nitrogens with one attached hydrogen (secondary N) is 2. The zero-order valence-electron chi connectivity index (χ0n) is 13.9. The van der Waals surface area contributed by atoms with Crippen molar-refractivity contribution in [1.82, 2.24) is 0 Å². The molecule has 0 radical (unpaired) electrons. The number of aryl methyl sites for hydroxylation is 3. The van der Waals surface area contributed by atoms with E-state index in [1.54, 1.807) is 39.0 Å². The van der Waals surface area contributed by atoms with Crippen molar-refractivity contribution in [1.29, 1.82) is 0 Å². The Bertz CT molecular complexity index is 885. The van der Waals surface area contributed by atoms with Crippen LogP contribution in [0.5, 0.6) is 0 Å². The van der Waals surface area contributed by atoms with Gasteiger partial charge in [0.1, 0.15) is 5.82 Å². The Labute approximate surface area is 141 Å². The second kappa shape index (κ2) is 6.60. The summed E-state index contributed by atoms with van der Waals surface area (Å²) in [5, 5.41) is 2.62. The quantitative estimate of drug-likeness (QED) is 0.886. The van der Waals surface area contributed by atoms with Crippen LogP contribution in [-0.4, -0.2) is 14.3 Å². The molecule has 2 aromatic carbocycles. The fraction of sp³-hybridized carbons (Fsp3) is 0.235. The monoisotopic (exact) mass is 350 g/mol. The number of carbonyl (C=O) groups excluding carboxylic acids is 1. The number of benzene rings is 2. The summed E-state index contributed by atoms with van der Waals surface area (Å²) in [7, 11) is -3.96. The molecule has 0 spiro atoms. The number of hydrogen-bond acceptors (Lipinski definition) is 3. The highest BCUT2D eigenvalue weighted by Gasteiger charge is 2.22. The Kier molecular flexibility index (Phi) is 4.94. The zero-order chi connectivity index (χ0) is 18.1. The van der Waals surface area contributed by atoms with Crippen molar-refractivity contribution in [2.45, 2.75) is 32.6 Å². The normalized spacial score (nSPS) is 11.2. The predicted octanol–water partition coefficient (Wildman–Crippen LogP) is 3.51. The van der Waals surface area contributed by atoms with Crippen molar-refractivity contribution in [3.63, 3.8) is 0 Å². The molecule has 0 heterocycles. The summed E-state index contributed by atoms with van der Waals surface area (Å²) in [4.78, 5) is 11.2. The van der Waals surface area contributed by atoms with E-state index in [4.69, 9.17) is 0 Å². The van der Waals surface area contributed by atoms with Crippen molar-refractivity contribution in [2.75, 3.05) is 10.0 Å². The first-order valence-corrected chi connectivity index (χ1v) is 8.76. The Balaban J connectivity index is 2.44. The maximum absolute atomic E-state index is 13.9. The molecule has 0 aliphatic rings. The van der Waals surface area contributed by atoms with E-state index in [9.17, 15) is 17.6 Å². The van der Waals surface area contributed by atoms with Crippen molar-refractivity contribution < 1.29 is 17.6 Å². The molecule has 2 aromatic rings. The van der Waals surface area contributed by atoms with E-state index in [0.29, 0.717) is 22.4 Å². The number of anilines is 2. The molecule has 7 heteroatoms. The topological polar surface area (TPSA) is 75.3 Å². The number of hydrogen-bond donors (Lipinski definition) is 2. The molecular weight excluding hydrogens is 331 g/mol. The van der Waals surface area contributed by atoms with Gasteiger partial charge in [0.25, 0.3) is 10.0 Å². The average molecular weight is 350 g/mol. The maximum Gasteiger partial charge on any atom is 0.262 e. The summed E-state index contributed by atoms with van der Waals surface area (Å²) >= 11 is 0. The van der Waals surface area contributed by atoms with E-state index in [-0.39, 0.29) is 16.5 Å². The van der Waals surface area contributed by atoms with Gasteiger partial charge in [0.05, 0.1) is 10.6 Å². The average Bonchev–Trinajstić information content (AvgIpc) is 2.39. The second-order valence-electron chi connectivity index (χ2n) is 5.71. The third-order valence-electron chi connectivity index (χ3n) is 3.42. The minimum atomic E-state index is -3.96. The van der Waals surface area contributed by atoms with Crippen LogP contribution in [0.2, 0.25) is 0 Å². The number of rotatable bonds is 4. The number of amides is 1. The Morgan fingerprint density at radius 3 is 2.12 bits per heavy atom. The molecule has 0 fully saturated rings. The van der Waals surface area contributed by atoms with Crippen LogP contribution in [0, 0.1) is 26.6 Å². The minimum absolute atomic E-state index is 0.0663. The third-order valence-corrected chi connectivity index (χ3v) is 5.09. The van der Waals surface area contributed by atoms with E-state index >= 15 is 0 Å². The number of halogens is 1. The first kappa shape index (κ1) is 17.9. The molecule has 24 heavy (non-hydrogen) atoms. The van der Waals surface area contributed by atoms with Crippen molar-refractivity contribution in [3.8, 4) is 0 Å². The van der Waals surface area contributed by atoms with Crippen molar-refractivity contribution in [3.05, 3.63) is 52.8 Å². The fourth-order valence-electron chi connectivity index (χ4n) is 2.55. The molecule has 1 amide bonds. The van der Waals surface area contributed by atoms with Crippen LogP contribution >= 0.6 is 0 Å². The summed E-state index contributed by atoms with van der Waals surface area (Å²) in [5.41, 5.74) is 2.02. The Morgan fingerprint density at radius 2 is 1.62 bits per heavy atom. The molecule has 0 aliphatic heterocycles. The summed E-state index contributed by atoms with van der Waals surface area (Å²) in [5.74, 6) is -0.881. The van der Waals surface area contributed by atoms with Gasteiger partial charge in [-0.2, -0.15) is 0 Å². The Morgan fingerprint density at radius 1 is 1.04 bits per heavy atom. The molecule has 128 valence electrons. The standard InChI is InChI=1S/C17H19FN2O3S/c1-10-5-6-16(15(18)7-10)20-24(22,23)17-11(2)8-14(9-12(17)3)19-13(4)21/h5-9,20H,1-4H3,(H,19,21). The molecule has 2 rings (SSSR count). The molecule has 0 atom stereocenters. The minimum Gasteiger partial charge on any atom is -0.326 e. The van der Waals surface area contributed by atoms with Gasteiger partial charge in [-0.15, -0.1) is 0 Å². The maximum atomic E-state index is 13.9. The van der Waals surface area contributed by atoms with Gasteiger partial charge in [-0.1, -0.05) is 6.07 Å². The second-order valence-corrected chi connectivity index (χ2v) is 7.33. The lowest BCUT2D eigenvalue weighted by molar-refractivity contribution is -0.114. The molecule has 0 aliphatic carbocycles. The highest BCUT2D eigenvalue weighted by molar-refractivity contribution is 7.92. The van der Waals surface area contributed by atoms with Crippen LogP contribution in [0.1, 0.15) is 23.6 Å². The van der Waals surface area contributed by atoms with Gasteiger partial charge < -0.3 is 5.32 Å². The van der Waals surface area contributed by atoms with E-state index in [1.807, 2.05) is 0 Å². The first-order valence-electron chi connectivity index (χ1n) is 7.28. The highest BCUT2D eigenvalue weighted by Crippen LogP contribution is 2.27. The van der Waals surface area contributed by atoms with Crippen LogP contribution in [-0.2, 0) is 14.8 Å². The molecule has 2 N–H and O–H groups in total. The van der Waals surface area contributed by atoms with Gasteiger partial charge in [0, 0.05) is 12.6 Å². The third kappa shape index (κ3) is 3.91. The molecule has 0 aromatic heterocycles. The largest absolute Gasteiger partial charge is 0.326 e. The summed E-state index contributed by atoms with van der Waals surface area (Å²) in [6.45, 7) is 6.34. The molecule has 0 bridgehead atoms. The van der Waals surface area contributed by atoms with E-state index in [0.717, 1.165) is 0 Å². The predicted molar refractivity (Wildman–Crippen MR) is 92.2 cm³/mol. The summed E-state index contributed by atoms with van der Waals surface area (Å²) in [6, 6.07) is 7.40. The van der Waals surface area contributed by atoms with Crippen molar-refractivity contribution >= 4 is 27.3 Å². The van der Waals surface area contributed by atoms with E-state index in [2.05, 4.69) is 10.0 Å². The fourth-order valence-corrected chi connectivity index (χ4v) is 4.07. The zero-order valence-corrected chi connectivity index (χ0v) is 14.7. The number of sulfonamides is 1. The first-order chi connectivity index (χ1) is 11.1. The van der Waals surface area contributed by atoms with Gasteiger partial charge in [-0.3, -0.25) is 9.52 Å². The molecule has 5 nitrogen and oxygen atoms in total. The number of carbonyl (C=O) groups is 1. The van der Waals surface area contributed by atoms with Gasteiger partial charge in [0.2, 0.25) is 5.91 Å². The van der Waals surface area contributed by atoms with Gasteiger partial charge in [-0.25, -0.2) is 12.8 Å². The SMILES string of the molecule is CC(=O)Nc1cc(C)c(S(=O)(=O)Nc2ccc(C)cc2F)c(C)c1. The van der Waals surface area contributed by atoms with E-state index in [1.165, 1.54) is 19.1 Å². The van der Waals surface area contributed by atoms with Crippen LogP contribution in [0.15, 0.2) is 35.2 Å². The summed E-state index contributed by atoms with van der Waals surface area (Å²) < 4.78 is 41.5. The highest BCUT2D eigenvalue weighted by atomic mass is 32.2. The smallest absolute Gasteiger partial charge is 0.262 e. The van der Waals surface area contributed by atoms with Crippen LogP contribution in [0.4, 0.5) is 15.8 Å². The Hall–Kier alpha value is -2.41. The molecular formula is C17H19FN2O3S. The van der Waals surface area contributed by atoms with Gasteiger partial charge in [0.15, 0.2) is 0 Å². The lowest BCUT2D eigenvalue weighted by atomic mass is 10.1. The lowest BCUT2D eigenvalue weighted by Crippen LogP contribution is -2.17. The van der Waals surface area contributed by atoms with Crippen LogP contribution < -0.4 is 10.0 Å². The van der Waals surface area contributed by atoms with Gasteiger partial charge >= 0.3 is 0 Å². The van der Waals surface area contributed by atoms with Crippen molar-refractivity contribution in [2.24, 2.45) is 0 Å². The van der Waals surface area contributed by atoms with Crippen LogP contribution in [0.25, 0.3) is 0 Å². The van der Waals surface area contributed by atoms with Crippen LogP contribution in [0.3, 0.4) is 0 Å². The molecule has 0 saturated carbocycles. The molecule has 0 saturated heterocycles. The molecule has 0 unspecified atom stereocenters. The lowest BCUT2D eigenvalue weighted by Gasteiger charge is -2.15. The van der Waals surface area contributed by atoms with E-state index < -0.39 is 15.8 Å².